The average molecular weight is 327 g/mol. The second-order valence-electron chi connectivity index (χ2n) is 5.31. The van der Waals surface area contributed by atoms with Gasteiger partial charge >= 0.3 is 0 Å². The van der Waals surface area contributed by atoms with Crippen LogP contribution < -0.4 is 15.5 Å². The van der Waals surface area contributed by atoms with Gasteiger partial charge in [0.25, 0.3) is 0 Å². The summed E-state index contributed by atoms with van der Waals surface area (Å²) in [5, 5.41) is 7.14. The number of rotatable bonds is 6. The van der Waals surface area contributed by atoms with Gasteiger partial charge in [0, 0.05) is 30.2 Å². The molecule has 0 aliphatic heterocycles. The number of anilines is 3. The van der Waals surface area contributed by atoms with E-state index in [0.717, 1.165) is 30.9 Å². The molecule has 2 aromatic carbocycles. The van der Waals surface area contributed by atoms with Crippen molar-refractivity contribution in [1.29, 1.82) is 0 Å². The number of nitrogens with zero attached hydrogens (tertiary/aromatic N) is 1. The molecule has 3 nitrogen and oxygen atoms in total. The number of hydrogen-bond acceptors (Lipinski definition) is 2. The minimum absolute atomic E-state index is 0.612. The Hall–Kier alpha value is -2.07. The summed E-state index contributed by atoms with van der Waals surface area (Å²) in [6, 6.07) is 16.6. The number of para-hydroxylation sites is 1. The largest absolute Gasteiger partial charge is 0.372 e. The van der Waals surface area contributed by atoms with Crippen LogP contribution in [0.1, 0.15) is 26.3 Å². The van der Waals surface area contributed by atoms with Gasteiger partial charge in [-0.15, -0.1) is 0 Å². The first-order valence-corrected chi connectivity index (χ1v) is 8.59. The summed E-state index contributed by atoms with van der Waals surface area (Å²) in [4.78, 5) is 2.32. The third kappa shape index (κ3) is 4.70. The van der Waals surface area contributed by atoms with Crippen molar-refractivity contribution >= 4 is 34.4 Å². The smallest absolute Gasteiger partial charge is 0.175 e. The lowest BCUT2D eigenvalue weighted by Gasteiger charge is -2.21. The molecule has 0 unspecified atom stereocenters. The van der Waals surface area contributed by atoms with E-state index in [1.807, 2.05) is 12.1 Å². The molecule has 0 spiro atoms. The van der Waals surface area contributed by atoms with Crippen molar-refractivity contribution in [1.82, 2.24) is 0 Å². The van der Waals surface area contributed by atoms with Crippen LogP contribution >= 0.6 is 12.2 Å². The summed E-state index contributed by atoms with van der Waals surface area (Å²) in [6.45, 7) is 8.50. The van der Waals surface area contributed by atoms with Crippen LogP contribution in [0.15, 0.2) is 48.5 Å². The Morgan fingerprint density at radius 1 is 0.913 bits per heavy atom. The van der Waals surface area contributed by atoms with Crippen molar-refractivity contribution in [2.75, 3.05) is 28.6 Å². The summed E-state index contributed by atoms with van der Waals surface area (Å²) >= 11 is 5.42. The Morgan fingerprint density at radius 3 is 2.17 bits per heavy atom. The molecule has 0 aliphatic carbocycles. The standard InChI is InChI=1S/C19H25N3S/c1-4-15-9-7-8-10-18(15)21-19(23)20-16-11-13-17(14-12-16)22(5-2)6-3/h7-14H,4-6H2,1-3H3,(H2,20,21,23). The van der Waals surface area contributed by atoms with Gasteiger partial charge in [-0.25, -0.2) is 0 Å². The van der Waals surface area contributed by atoms with Crippen LogP contribution in [0.4, 0.5) is 17.1 Å². The molecule has 0 bridgehead atoms. The second-order valence-corrected chi connectivity index (χ2v) is 5.72. The Balaban J connectivity index is 2.00. The Kier molecular flexibility index (Phi) is 6.41. The van der Waals surface area contributed by atoms with Crippen LogP contribution in [0.5, 0.6) is 0 Å². The third-order valence-electron chi connectivity index (χ3n) is 3.90. The molecule has 0 radical (unpaired) electrons. The normalized spacial score (nSPS) is 10.2. The number of nitrogens with one attached hydrogen (secondary N) is 2. The van der Waals surface area contributed by atoms with Gasteiger partial charge in [-0.2, -0.15) is 0 Å². The maximum atomic E-state index is 5.42. The maximum absolute atomic E-state index is 5.42. The molecule has 2 N–H and O–H groups in total. The molecule has 0 saturated carbocycles. The van der Waals surface area contributed by atoms with E-state index >= 15 is 0 Å². The lowest BCUT2D eigenvalue weighted by Crippen LogP contribution is -2.22. The molecule has 0 fully saturated rings. The minimum Gasteiger partial charge on any atom is -0.372 e. The van der Waals surface area contributed by atoms with Gasteiger partial charge in [-0.3, -0.25) is 0 Å². The fourth-order valence-electron chi connectivity index (χ4n) is 2.58. The molecule has 23 heavy (non-hydrogen) atoms. The highest BCUT2D eigenvalue weighted by Gasteiger charge is 2.04. The van der Waals surface area contributed by atoms with Crippen molar-refractivity contribution in [3.05, 3.63) is 54.1 Å². The van der Waals surface area contributed by atoms with Crippen LogP contribution in [0.2, 0.25) is 0 Å². The topological polar surface area (TPSA) is 27.3 Å². The van der Waals surface area contributed by atoms with Crippen LogP contribution in [-0.4, -0.2) is 18.2 Å². The van der Waals surface area contributed by atoms with Gasteiger partial charge in [0.05, 0.1) is 0 Å². The number of hydrogen-bond donors (Lipinski definition) is 2. The quantitative estimate of drug-likeness (QED) is 0.738. The summed E-state index contributed by atoms with van der Waals surface area (Å²) in [5.74, 6) is 0. The van der Waals surface area contributed by atoms with E-state index in [2.05, 4.69) is 72.7 Å². The molecule has 0 aliphatic rings. The van der Waals surface area contributed by atoms with E-state index in [9.17, 15) is 0 Å². The van der Waals surface area contributed by atoms with Gasteiger partial charge in [-0.05, 0) is 68.4 Å². The molecular formula is C19H25N3S. The minimum atomic E-state index is 0.612. The molecule has 2 aromatic rings. The van der Waals surface area contributed by atoms with Crippen LogP contribution in [0, 0.1) is 0 Å². The van der Waals surface area contributed by atoms with Gasteiger partial charge in [-0.1, -0.05) is 25.1 Å². The van der Waals surface area contributed by atoms with E-state index in [1.54, 1.807) is 0 Å². The Morgan fingerprint density at radius 2 is 1.57 bits per heavy atom. The van der Waals surface area contributed by atoms with E-state index in [1.165, 1.54) is 11.3 Å². The predicted octanol–water partition coefficient (Wildman–Crippen LogP) is 4.90. The first-order valence-electron chi connectivity index (χ1n) is 8.18. The molecule has 0 amide bonds. The van der Waals surface area contributed by atoms with Gasteiger partial charge in [0.15, 0.2) is 5.11 Å². The van der Waals surface area contributed by atoms with Crippen molar-refractivity contribution in [3.8, 4) is 0 Å². The van der Waals surface area contributed by atoms with Crippen LogP contribution in [0.3, 0.4) is 0 Å². The molecule has 122 valence electrons. The first-order chi connectivity index (χ1) is 11.2. The highest BCUT2D eigenvalue weighted by molar-refractivity contribution is 7.80. The number of benzene rings is 2. The summed E-state index contributed by atoms with van der Waals surface area (Å²) in [6.07, 6.45) is 0.977. The molecule has 4 heteroatoms. The van der Waals surface area contributed by atoms with Crippen molar-refractivity contribution in [3.63, 3.8) is 0 Å². The zero-order valence-electron chi connectivity index (χ0n) is 14.1. The van der Waals surface area contributed by atoms with Crippen LogP contribution in [-0.2, 0) is 6.42 Å². The van der Waals surface area contributed by atoms with Gasteiger partial charge < -0.3 is 15.5 Å². The van der Waals surface area contributed by atoms with E-state index in [4.69, 9.17) is 12.2 Å². The fourth-order valence-corrected chi connectivity index (χ4v) is 2.81. The summed E-state index contributed by atoms with van der Waals surface area (Å²) < 4.78 is 0. The summed E-state index contributed by atoms with van der Waals surface area (Å²) in [7, 11) is 0. The van der Waals surface area contributed by atoms with Gasteiger partial charge in [0.1, 0.15) is 0 Å². The van der Waals surface area contributed by atoms with E-state index in [0.29, 0.717) is 5.11 Å². The average Bonchev–Trinajstić information content (AvgIpc) is 2.58. The highest BCUT2D eigenvalue weighted by atomic mass is 32.1. The van der Waals surface area contributed by atoms with Crippen molar-refractivity contribution in [2.45, 2.75) is 27.2 Å². The number of aryl methyl sites for hydroxylation is 1. The van der Waals surface area contributed by atoms with Crippen molar-refractivity contribution < 1.29 is 0 Å². The fraction of sp³-hybridized carbons (Fsp3) is 0.316. The zero-order chi connectivity index (χ0) is 16.7. The van der Waals surface area contributed by atoms with E-state index < -0.39 is 0 Å². The number of thiocarbonyl (C=S) groups is 1. The highest BCUT2D eigenvalue weighted by Crippen LogP contribution is 2.19. The molecule has 2 rings (SSSR count). The summed E-state index contributed by atoms with van der Waals surface area (Å²) in [5.41, 5.74) is 4.55. The monoisotopic (exact) mass is 327 g/mol. The molecule has 0 aromatic heterocycles. The Labute approximate surface area is 144 Å². The molecule has 0 heterocycles. The molecule has 0 atom stereocenters. The maximum Gasteiger partial charge on any atom is 0.175 e. The SMILES string of the molecule is CCc1ccccc1NC(=S)Nc1ccc(N(CC)CC)cc1. The van der Waals surface area contributed by atoms with E-state index in [-0.39, 0.29) is 0 Å². The Bertz CT molecular complexity index is 633. The van der Waals surface area contributed by atoms with Crippen molar-refractivity contribution in [2.24, 2.45) is 0 Å². The zero-order valence-corrected chi connectivity index (χ0v) is 14.9. The first kappa shape index (κ1) is 17.3. The lowest BCUT2D eigenvalue weighted by molar-refractivity contribution is 0.866. The lowest BCUT2D eigenvalue weighted by atomic mass is 10.1. The predicted molar refractivity (Wildman–Crippen MR) is 106 cm³/mol. The molecule has 0 saturated heterocycles. The van der Waals surface area contributed by atoms with Crippen LogP contribution in [0.25, 0.3) is 0 Å². The second kappa shape index (κ2) is 8.53. The molecular weight excluding hydrogens is 302 g/mol. The third-order valence-corrected chi connectivity index (χ3v) is 4.10. The van der Waals surface area contributed by atoms with Gasteiger partial charge in [0.2, 0.25) is 0 Å².